The first-order valence-electron chi connectivity index (χ1n) is 8.30. The molecule has 0 saturated carbocycles. The quantitative estimate of drug-likeness (QED) is 0.511. The Morgan fingerprint density at radius 2 is 1.85 bits per heavy atom. The highest BCUT2D eigenvalue weighted by atomic mass is 32.2. The molecule has 0 aliphatic rings. The van der Waals surface area contributed by atoms with Gasteiger partial charge in [-0.3, -0.25) is 9.59 Å². The van der Waals surface area contributed by atoms with Gasteiger partial charge in [-0.1, -0.05) is 30.3 Å². The first-order chi connectivity index (χ1) is 12.6. The van der Waals surface area contributed by atoms with Gasteiger partial charge in [0.2, 0.25) is 0 Å². The molecule has 138 valence electrons. The lowest BCUT2D eigenvalue weighted by Crippen LogP contribution is -2.30. The summed E-state index contributed by atoms with van der Waals surface area (Å²) in [5.74, 6) is 2.38. The van der Waals surface area contributed by atoms with Crippen LogP contribution in [-0.2, 0) is 10.5 Å². The zero-order valence-corrected chi connectivity index (χ0v) is 15.8. The second kappa shape index (κ2) is 10.5. The molecular formula is C20H23NO4S. The van der Waals surface area contributed by atoms with Crippen molar-refractivity contribution in [2.45, 2.75) is 12.7 Å². The van der Waals surface area contributed by atoms with Crippen LogP contribution in [-0.4, -0.2) is 37.7 Å². The van der Waals surface area contributed by atoms with E-state index in [9.17, 15) is 9.59 Å². The van der Waals surface area contributed by atoms with Crippen molar-refractivity contribution in [3.8, 4) is 11.5 Å². The summed E-state index contributed by atoms with van der Waals surface area (Å²) in [6.07, 6.45) is 0. The summed E-state index contributed by atoms with van der Waals surface area (Å²) in [7, 11) is 1.50. The van der Waals surface area contributed by atoms with Gasteiger partial charge >= 0.3 is 0 Å². The van der Waals surface area contributed by atoms with Crippen molar-refractivity contribution in [3.05, 3.63) is 59.7 Å². The van der Waals surface area contributed by atoms with E-state index in [4.69, 9.17) is 9.47 Å². The van der Waals surface area contributed by atoms with Crippen LogP contribution in [0.2, 0.25) is 0 Å². The average Bonchev–Trinajstić information content (AvgIpc) is 2.66. The number of amides is 1. The van der Waals surface area contributed by atoms with E-state index < -0.39 is 0 Å². The van der Waals surface area contributed by atoms with Gasteiger partial charge in [-0.15, -0.1) is 0 Å². The standard InChI is InChI=1S/C20H23NO4S/c1-15(22)17-8-9-18(19(12-17)24-2)25-13-20(23)21-10-11-26-14-16-6-4-3-5-7-16/h3-9,12H,10-11,13-14H2,1-2H3,(H,21,23). The Labute approximate surface area is 158 Å². The van der Waals surface area contributed by atoms with Crippen molar-refractivity contribution in [2.75, 3.05) is 26.0 Å². The third kappa shape index (κ3) is 6.44. The van der Waals surface area contributed by atoms with E-state index in [2.05, 4.69) is 17.4 Å². The number of methoxy groups -OCH3 is 1. The summed E-state index contributed by atoms with van der Waals surface area (Å²) in [5, 5.41) is 2.83. The summed E-state index contributed by atoms with van der Waals surface area (Å²) in [5.41, 5.74) is 1.81. The SMILES string of the molecule is COc1cc(C(C)=O)ccc1OCC(=O)NCCSCc1ccccc1. The number of carbonyl (C=O) groups excluding carboxylic acids is 2. The summed E-state index contributed by atoms with van der Waals surface area (Å²) in [4.78, 5) is 23.3. The van der Waals surface area contributed by atoms with Gasteiger partial charge in [0.05, 0.1) is 7.11 Å². The van der Waals surface area contributed by atoms with E-state index in [1.807, 2.05) is 18.2 Å². The largest absolute Gasteiger partial charge is 0.493 e. The summed E-state index contributed by atoms with van der Waals surface area (Å²) < 4.78 is 10.7. The van der Waals surface area contributed by atoms with Crippen LogP contribution < -0.4 is 14.8 Å². The summed E-state index contributed by atoms with van der Waals surface area (Å²) in [6, 6.07) is 15.1. The highest BCUT2D eigenvalue weighted by molar-refractivity contribution is 7.98. The Morgan fingerprint density at radius 1 is 1.08 bits per heavy atom. The third-order valence-corrected chi connectivity index (χ3v) is 4.64. The van der Waals surface area contributed by atoms with E-state index in [-0.39, 0.29) is 18.3 Å². The molecule has 0 saturated heterocycles. The highest BCUT2D eigenvalue weighted by Gasteiger charge is 2.10. The maximum Gasteiger partial charge on any atom is 0.257 e. The van der Waals surface area contributed by atoms with Gasteiger partial charge in [0, 0.05) is 23.6 Å². The van der Waals surface area contributed by atoms with Gasteiger partial charge in [-0.2, -0.15) is 11.8 Å². The number of ether oxygens (including phenoxy) is 2. The molecule has 0 atom stereocenters. The topological polar surface area (TPSA) is 64.6 Å². The molecule has 1 N–H and O–H groups in total. The van der Waals surface area contributed by atoms with Gasteiger partial charge in [-0.25, -0.2) is 0 Å². The van der Waals surface area contributed by atoms with Crippen molar-refractivity contribution in [3.63, 3.8) is 0 Å². The van der Waals surface area contributed by atoms with Crippen LogP contribution in [0.4, 0.5) is 0 Å². The number of thioether (sulfide) groups is 1. The second-order valence-electron chi connectivity index (χ2n) is 5.60. The molecule has 5 nitrogen and oxygen atoms in total. The number of nitrogens with one attached hydrogen (secondary N) is 1. The third-order valence-electron chi connectivity index (χ3n) is 3.61. The van der Waals surface area contributed by atoms with Gasteiger partial charge in [0.25, 0.3) is 5.91 Å². The molecule has 0 spiro atoms. The average molecular weight is 373 g/mol. The highest BCUT2D eigenvalue weighted by Crippen LogP contribution is 2.28. The van der Waals surface area contributed by atoms with E-state index in [1.165, 1.54) is 19.6 Å². The lowest BCUT2D eigenvalue weighted by Gasteiger charge is -2.11. The number of Topliss-reactive ketones (excluding diaryl/α,β-unsaturated/α-hetero) is 1. The monoisotopic (exact) mass is 373 g/mol. The minimum Gasteiger partial charge on any atom is -0.493 e. The van der Waals surface area contributed by atoms with Crippen molar-refractivity contribution in [2.24, 2.45) is 0 Å². The number of carbonyl (C=O) groups is 2. The normalized spacial score (nSPS) is 10.2. The molecule has 1 amide bonds. The summed E-state index contributed by atoms with van der Waals surface area (Å²) in [6.45, 7) is 1.97. The lowest BCUT2D eigenvalue weighted by molar-refractivity contribution is -0.122. The zero-order valence-electron chi connectivity index (χ0n) is 15.0. The van der Waals surface area contributed by atoms with Crippen LogP contribution in [0.3, 0.4) is 0 Å². The van der Waals surface area contributed by atoms with Crippen LogP contribution in [0, 0.1) is 0 Å². The van der Waals surface area contributed by atoms with Crippen LogP contribution in [0.1, 0.15) is 22.8 Å². The number of rotatable bonds is 10. The first-order valence-corrected chi connectivity index (χ1v) is 9.45. The molecule has 2 aromatic carbocycles. The summed E-state index contributed by atoms with van der Waals surface area (Å²) >= 11 is 1.77. The molecule has 0 unspecified atom stereocenters. The molecule has 0 fully saturated rings. The van der Waals surface area contributed by atoms with Gasteiger partial charge in [0.15, 0.2) is 23.9 Å². The Hall–Kier alpha value is -2.47. The van der Waals surface area contributed by atoms with Gasteiger partial charge < -0.3 is 14.8 Å². The number of hydrogen-bond donors (Lipinski definition) is 1. The number of ketones is 1. The minimum absolute atomic E-state index is 0.0550. The predicted molar refractivity (Wildman–Crippen MR) is 104 cm³/mol. The van der Waals surface area contributed by atoms with E-state index in [0.29, 0.717) is 23.6 Å². The molecule has 6 heteroatoms. The maximum atomic E-state index is 11.9. The van der Waals surface area contributed by atoms with Crippen LogP contribution in [0.5, 0.6) is 11.5 Å². The van der Waals surface area contributed by atoms with Crippen LogP contribution >= 0.6 is 11.8 Å². The van der Waals surface area contributed by atoms with Crippen LogP contribution in [0.15, 0.2) is 48.5 Å². The van der Waals surface area contributed by atoms with E-state index in [0.717, 1.165) is 11.5 Å². The molecule has 0 heterocycles. The Kier molecular flexibility index (Phi) is 8.02. The van der Waals surface area contributed by atoms with Gasteiger partial charge in [-0.05, 0) is 30.7 Å². The minimum atomic E-state index is -0.192. The molecule has 2 rings (SSSR count). The van der Waals surface area contributed by atoms with Gasteiger partial charge in [0.1, 0.15) is 0 Å². The van der Waals surface area contributed by atoms with Crippen LogP contribution in [0.25, 0.3) is 0 Å². The zero-order chi connectivity index (χ0) is 18.8. The predicted octanol–water partition coefficient (Wildman–Crippen LogP) is 3.33. The fourth-order valence-corrected chi connectivity index (χ4v) is 3.05. The Balaban J connectivity index is 1.69. The van der Waals surface area contributed by atoms with E-state index >= 15 is 0 Å². The molecule has 0 aliphatic carbocycles. The Bertz CT molecular complexity index is 734. The first kappa shape index (κ1) is 19.8. The number of hydrogen-bond acceptors (Lipinski definition) is 5. The molecule has 26 heavy (non-hydrogen) atoms. The molecule has 0 bridgehead atoms. The van der Waals surface area contributed by atoms with Crippen molar-refractivity contribution < 1.29 is 19.1 Å². The fraction of sp³-hybridized carbons (Fsp3) is 0.300. The van der Waals surface area contributed by atoms with E-state index in [1.54, 1.807) is 30.0 Å². The fourth-order valence-electron chi connectivity index (χ4n) is 2.23. The van der Waals surface area contributed by atoms with Crippen molar-refractivity contribution in [1.82, 2.24) is 5.32 Å². The molecule has 0 aromatic heterocycles. The Morgan fingerprint density at radius 3 is 2.54 bits per heavy atom. The number of benzene rings is 2. The molecule has 2 aromatic rings. The molecular weight excluding hydrogens is 350 g/mol. The second-order valence-corrected chi connectivity index (χ2v) is 6.70. The smallest absolute Gasteiger partial charge is 0.257 e. The lowest BCUT2D eigenvalue weighted by atomic mass is 10.1. The molecule has 0 aliphatic heterocycles. The maximum absolute atomic E-state index is 11.9. The van der Waals surface area contributed by atoms with Crippen molar-refractivity contribution >= 4 is 23.5 Å². The molecule has 0 radical (unpaired) electrons. The van der Waals surface area contributed by atoms with Crippen molar-refractivity contribution in [1.29, 1.82) is 0 Å².